The Labute approximate surface area is 215 Å². The summed E-state index contributed by atoms with van der Waals surface area (Å²) in [6.07, 6.45) is 1.99. The highest BCUT2D eigenvalue weighted by Gasteiger charge is 2.12. The van der Waals surface area contributed by atoms with E-state index in [1.807, 2.05) is 62.4 Å². The van der Waals surface area contributed by atoms with Gasteiger partial charge in [0.2, 0.25) is 0 Å². The lowest BCUT2D eigenvalue weighted by Gasteiger charge is -2.13. The van der Waals surface area contributed by atoms with E-state index in [4.69, 9.17) is 9.47 Å². The molecule has 37 heavy (non-hydrogen) atoms. The molecule has 0 aliphatic heterocycles. The second-order valence-corrected chi connectivity index (χ2v) is 8.19. The highest BCUT2D eigenvalue weighted by atomic mass is 16.5. The maximum absolute atomic E-state index is 12.3. The third-order valence-corrected chi connectivity index (χ3v) is 5.55. The molecule has 9 heteroatoms. The molecule has 3 N–H and O–H groups in total. The summed E-state index contributed by atoms with van der Waals surface area (Å²) in [5.74, 6) is -1.18. The summed E-state index contributed by atoms with van der Waals surface area (Å²) in [6, 6.07) is 20.3. The molecular weight excluding hydrogens is 472 g/mol. The fourth-order valence-corrected chi connectivity index (χ4v) is 3.36. The SMILES string of the molecule is COc1cc(/C=N\NC(=O)C(=O)NCCc2ccccc2)ccc1OCC(=O)Nc1cccc(C)c1C. The molecule has 0 saturated heterocycles. The van der Waals surface area contributed by atoms with Crippen molar-refractivity contribution in [3.63, 3.8) is 0 Å². The van der Waals surface area contributed by atoms with Gasteiger partial charge in [0.25, 0.3) is 5.91 Å². The van der Waals surface area contributed by atoms with E-state index in [2.05, 4.69) is 21.2 Å². The molecule has 3 aromatic rings. The molecular formula is C28H30N4O5. The van der Waals surface area contributed by atoms with E-state index >= 15 is 0 Å². The smallest absolute Gasteiger partial charge is 0.329 e. The fraction of sp³-hybridized carbons (Fsp3) is 0.214. The number of anilines is 1. The molecule has 0 aromatic heterocycles. The highest BCUT2D eigenvalue weighted by Crippen LogP contribution is 2.27. The van der Waals surface area contributed by atoms with Gasteiger partial charge < -0.3 is 20.1 Å². The van der Waals surface area contributed by atoms with Crippen LogP contribution in [0, 0.1) is 13.8 Å². The van der Waals surface area contributed by atoms with Crippen molar-refractivity contribution in [3.05, 3.63) is 89.0 Å². The second kappa shape index (κ2) is 13.4. The molecule has 0 spiro atoms. The topological polar surface area (TPSA) is 118 Å². The van der Waals surface area contributed by atoms with Gasteiger partial charge in [-0.1, -0.05) is 42.5 Å². The van der Waals surface area contributed by atoms with Crippen LogP contribution in [-0.2, 0) is 20.8 Å². The van der Waals surface area contributed by atoms with Gasteiger partial charge in [0.1, 0.15) is 0 Å². The Hall–Kier alpha value is -4.66. The van der Waals surface area contributed by atoms with E-state index in [0.29, 0.717) is 30.0 Å². The van der Waals surface area contributed by atoms with Gasteiger partial charge in [0.15, 0.2) is 18.1 Å². The predicted octanol–water partition coefficient (Wildman–Crippen LogP) is 3.14. The van der Waals surface area contributed by atoms with E-state index in [-0.39, 0.29) is 12.5 Å². The Kier molecular flexibility index (Phi) is 9.78. The lowest BCUT2D eigenvalue weighted by atomic mass is 10.1. The third-order valence-electron chi connectivity index (χ3n) is 5.55. The number of carbonyl (C=O) groups excluding carboxylic acids is 3. The van der Waals surface area contributed by atoms with Gasteiger partial charge in [0, 0.05) is 12.2 Å². The average molecular weight is 503 g/mol. The van der Waals surface area contributed by atoms with Crippen molar-refractivity contribution < 1.29 is 23.9 Å². The fourth-order valence-electron chi connectivity index (χ4n) is 3.36. The van der Waals surface area contributed by atoms with Crippen LogP contribution in [0.2, 0.25) is 0 Å². The van der Waals surface area contributed by atoms with Crippen LogP contribution in [-0.4, -0.2) is 44.2 Å². The molecule has 0 saturated carbocycles. The Morgan fingerprint density at radius 1 is 0.919 bits per heavy atom. The van der Waals surface area contributed by atoms with Gasteiger partial charge in [-0.2, -0.15) is 5.10 Å². The minimum absolute atomic E-state index is 0.202. The van der Waals surface area contributed by atoms with Crippen molar-refractivity contribution in [2.45, 2.75) is 20.3 Å². The first kappa shape index (κ1) is 26.9. The molecule has 0 aliphatic carbocycles. The number of benzene rings is 3. The monoisotopic (exact) mass is 502 g/mol. The number of carbonyl (C=O) groups is 3. The zero-order valence-corrected chi connectivity index (χ0v) is 21.0. The Morgan fingerprint density at radius 3 is 2.46 bits per heavy atom. The number of hydrogen-bond donors (Lipinski definition) is 3. The van der Waals surface area contributed by atoms with Gasteiger partial charge >= 0.3 is 11.8 Å². The summed E-state index contributed by atoms with van der Waals surface area (Å²) in [5, 5.41) is 9.22. The molecule has 0 fully saturated rings. The third kappa shape index (κ3) is 8.21. The van der Waals surface area contributed by atoms with Crippen molar-refractivity contribution in [2.75, 3.05) is 25.6 Å². The van der Waals surface area contributed by atoms with Gasteiger partial charge in [-0.25, -0.2) is 5.43 Å². The maximum Gasteiger partial charge on any atom is 0.329 e. The normalized spacial score (nSPS) is 10.6. The molecule has 192 valence electrons. The minimum Gasteiger partial charge on any atom is -0.493 e. The number of methoxy groups -OCH3 is 1. The van der Waals surface area contributed by atoms with Crippen LogP contribution >= 0.6 is 0 Å². The number of rotatable bonds is 10. The van der Waals surface area contributed by atoms with Gasteiger partial charge in [-0.3, -0.25) is 14.4 Å². The summed E-state index contributed by atoms with van der Waals surface area (Å²) in [4.78, 5) is 36.2. The van der Waals surface area contributed by atoms with Crippen LogP contribution < -0.4 is 25.5 Å². The number of aryl methyl sites for hydroxylation is 1. The number of nitrogens with zero attached hydrogens (tertiary/aromatic N) is 1. The van der Waals surface area contributed by atoms with Crippen molar-refractivity contribution in [2.24, 2.45) is 5.10 Å². The minimum atomic E-state index is -0.869. The Balaban J connectivity index is 1.47. The van der Waals surface area contributed by atoms with Crippen molar-refractivity contribution >= 4 is 29.6 Å². The van der Waals surface area contributed by atoms with Crippen LogP contribution in [0.1, 0.15) is 22.3 Å². The summed E-state index contributed by atoms with van der Waals surface area (Å²) >= 11 is 0. The number of hydrogen-bond acceptors (Lipinski definition) is 6. The van der Waals surface area contributed by atoms with Crippen LogP contribution in [0.4, 0.5) is 5.69 Å². The highest BCUT2D eigenvalue weighted by molar-refractivity contribution is 6.35. The van der Waals surface area contributed by atoms with Gasteiger partial charge in [-0.05, 0) is 66.8 Å². The van der Waals surface area contributed by atoms with Crippen molar-refractivity contribution in [1.29, 1.82) is 0 Å². The molecule has 0 bridgehead atoms. The quantitative estimate of drug-likeness (QED) is 0.224. The zero-order valence-electron chi connectivity index (χ0n) is 21.0. The van der Waals surface area contributed by atoms with E-state index in [1.165, 1.54) is 13.3 Å². The Morgan fingerprint density at radius 2 is 1.70 bits per heavy atom. The standard InChI is InChI=1S/C28H30N4O5/c1-19-8-7-11-23(20(19)2)31-26(33)18-37-24-13-12-22(16-25(24)36-3)17-30-32-28(35)27(34)29-15-14-21-9-5-4-6-10-21/h4-13,16-17H,14-15,18H2,1-3H3,(H,29,34)(H,31,33)(H,32,35)/b30-17-. The van der Waals surface area contributed by atoms with Gasteiger partial charge in [-0.15, -0.1) is 0 Å². The number of amides is 3. The molecule has 9 nitrogen and oxygen atoms in total. The first-order valence-electron chi connectivity index (χ1n) is 11.7. The summed E-state index contributed by atoms with van der Waals surface area (Å²) in [5.41, 5.74) is 6.66. The summed E-state index contributed by atoms with van der Waals surface area (Å²) < 4.78 is 11.0. The van der Waals surface area contributed by atoms with Crippen molar-refractivity contribution in [1.82, 2.24) is 10.7 Å². The maximum atomic E-state index is 12.3. The first-order valence-corrected chi connectivity index (χ1v) is 11.7. The van der Waals surface area contributed by atoms with Gasteiger partial charge in [0.05, 0.1) is 13.3 Å². The molecule has 0 aliphatic rings. The first-order chi connectivity index (χ1) is 17.9. The molecule has 0 heterocycles. The lowest BCUT2D eigenvalue weighted by Crippen LogP contribution is -2.38. The van der Waals surface area contributed by atoms with Crippen LogP contribution in [0.25, 0.3) is 0 Å². The molecule has 3 amide bonds. The Bertz CT molecular complexity index is 1270. The number of ether oxygens (including phenoxy) is 2. The van der Waals surface area contributed by atoms with E-state index < -0.39 is 11.8 Å². The van der Waals surface area contributed by atoms with Crippen molar-refractivity contribution in [3.8, 4) is 11.5 Å². The molecule has 0 atom stereocenters. The largest absolute Gasteiger partial charge is 0.493 e. The van der Waals surface area contributed by atoms with Crippen LogP contribution in [0.3, 0.4) is 0 Å². The predicted molar refractivity (Wildman–Crippen MR) is 142 cm³/mol. The van der Waals surface area contributed by atoms with E-state index in [0.717, 1.165) is 22.4 Å². The molecule has 3 aromatic carbocycles. The van der Waals surface area contributed by atoms with E-state index in [1.54, 1.807) is 18.2 Å². The summed E-state index contributed by atoms with van der Waals surface area (Å²) in [6.45, 7) is 4.05. The van der Waals surface area contributed by atoms with Crippen LogP contribution in [0.15, 0.2) is 71.8 Å². The molecule has 0 radical (unpaired) electrons. The molecule has 3 rings (SSSR count). The summed E-state index contributed by atoms with van der Waals surface area (Å²) in [7, 11) is 1.47. The van der Waals surface area contributed by atoms with Crippen LogP contribution in [0.5, 0.6) is 11.5 Å². The average Bonchev–Trinajstić information content (AvgIpc) is 2.90. The van der Waals surface area contributed by atoms with E-state index in [9.17, 15) is 14.4 Å². The zero-order chi connectivity index (χ0) is 26.6. The number of hydrazone groups is 1. The number of nitrogens with one attached hydrogen (secondary N) is 3. The molecule has 0 unspecified atom stereocenters. The lowest BCUT2D eigenvalue weighted by molar-refractivity contribution is -0.139. The second-order valence-electron chi connectivity index (χ2n) is 8.19.